The smallest absolute Gasteiger partial charge is 0.132 e. The fraction of sp³-hybridized carbons (Fsp3) is 0.250. The highest BCUT2D eigenvalue weighted by Crippen LogP contribution is 2.20. The van der Waals surface area contributed by atoms with E-state index in [9.17, 15) is 0 Å². The lowest BCUT2D eigenvalue weighted by Crippen LogP contribution is -1.97. The van der Waals surface area contributed by atoms with E-state index in [1.165, 1.54) is 0 Å². The molecule has 0 aliphatic carbocycles. The van der Waals surface area contributed by atoms with Crippen LogP contribution in [0.1, 0.15) is 5.56 Å². The maximum Gasteiger partial charge on any atom is 0.132 e. The van der Waals surface area contributed by atoms with Gasteiger partial charge in [0.1, 0.15) is 5.75 Å². The maximum absolute atomic E-state index is 5.47. The molecule has 12 heavy (non-hydrogen) atoms. The van der Waals surface area contributed by atoms with E-state index in [4.69, 9.17) is 10.5 Å². The lowest BCUT2D eigenvalue weighted by molar-refractivity contribution is 0.411. The molecule has 0 radical (unpaired) electrons. The van der Waals surface area contributed by atoms with Crippen LogP contribution in [0.2, 0.25) is 0 Å². The summed E-state index contributed by atoms with van der Waals surface area (Å²) < 4.78 is 6.20. The second kappa shape index (κ2) is 5.61. The molecule has 0 atom stereocenters. The highest BCUT2D eigenvalue weighted by atomic mass is 127. The van der Waals surface area contributed by atoms with Gasteiger partial charge in [-0.25, -0.2) is 0 Å². The van der Waals surface area contributed by atoms with Gasteiger partial charge in [-0.05, 0) is 40.3 Å². The minimum atomic E-state index is 0. The van der Waals surface area contributed by atoms with Gasteiger partial charge >= 0.3 is 0 Å². The number of rotatable bonds is 2. The third kappa shape index (κ3) is 2.80. The molecule has 0 bridgehead atoms. The predicted molar refractivity (Wildman–Crippen MR) is 60.9 cm³/mol. The Morgan fingerprint density at radius 1 is 1.50 bits per heavy atom. The van der Waals surface area contributed by atoms with Crippen molar-refractivity contribution in [2.45, 2.75) is 6.54 Å². The lowest BCUT2D eigenvalue weighted by atomic mass is 10.2. The van der Waals surface area contributed by atoms with Crippen LogP contribution >= 0.6 is 35.0 Å². The van der Waals surface area contributed by atoms with Gasteiger partial charge < -0.3 is 10.5 Å². The van der Waals surface area contributed by atoms with Crippen LogP contribution in [0.25, 0.3) is 0 Å². The zero-order valence-corrected chi connectivity index (χ0v) is 9.68. The molecule has 0 spiro atoms. The molecule has 0 amide bonds. The molecule has 4 heteroatoms. The van der Waals surface area contributed by atoms with E-state index in [0.717, 1.165) is 14.9 Å². The maximum atomic E-state index is 5.47. The number of hydrogen-bond donors (Lipinski definition) is 1. The van der Waals surface area contributed by atoms with E-state index in [1.54, 1.807) is 7.11 Å². The zero-order valence-electron chi connectivity index (χ0n) is 6.71. The van der Waals surface area contributed by atoms with Crippen LogP contribution in [0.5, 0.6) is 5.75 Å². The molecular formula is C8H11ClINO. The third-order valence-electron chi connectivity index (χ3n) is 1.45. The normalized spacial score (nSPS) is 8.92. The summed E-state index contributed by atoms with van der Waals surface area (Å²) in [5, 5.41) is 0. The second-order valence-electron chi connectivity index (χ2n) is 2.17. The number of ether oxygens (including phenoxy) is 1. The van der Waals surface area contributed by atoms with Crippen LogP contribution in [-0.4, -0.2) is 7.11 Å². The third-order valence-corrected chi connectivity index (χ3v) is 2.29. The molecule has 0 saturated carbocycles. The van der Waals surface area contributed by atoms with Gasteiger partial charge in [0.15, 0.2) is 0 Å². The molecule has 0 aromatic heterocycles. The van der Waals surface area contributed by atoms with Crippen molar-refractivity contribution in [2.75, 3.05) is 7.11 Å². The molecule has 0 aliphatic heterocycles. The number of benzene rings is 1. The summed E-state index contributed by atoms with van der Waals surface area (Å²) in [4.78, 5) is 0. The number of hydrogen-bond acceptors (Lipinski definition) is 2. The van der Waals surface area contributed by atoms with Crippen LogP contribution in [0, 0.1) is 3.57 Å². The first kappa shape index (κ1) is 12.0. The molecule has 0 aliphatic rings. The van der Waals surface area contributed by atoms with Crippen molar-refractivity contribution in [3.8, 4) is 5.75 Å². The largest absolute Gasteiger partial charge is 0.496 e. The van der Waals surface area contributed by atoms with Crippen LogP contribution < -0.4 is 10.5 Å². The van der Waals surface area contributed by atoms with E-state index in [-0.39, 0.29) is 12.4 Å². The van der Waals surface area contributed by atoms with Crippen molar-refractivity contribution in [1.29, 1.82) is 0 Å². The number of halogens is 2. The summed E-state index contributed by atoms with van der Waals surface area (Å²) in [6.45, 7) is 0.583. The van der Waals surface area contributed by atoms with Crippen molar-refractivity contribution in [2.24, 2.45) is 5.73 Å². The Balaban J connectivity index is 0.00000121. The Hall–Kier alpha value is -0.0000000000000000555. The summed E-state index contributed by atoms with van der Waals surface area (Å²) in [5.41, 5.74) is 6.60. The second-order valence-corrected chi connectivity index (χ2v) is 3.34. The molecule has 1 aromatic rings. The first-order valence-corrected chi connectivity index (χ1v) is 4.38. The fourth-order valence-corrected chi connectivity index (χ4v) is 1.64. The van der Waals surface area contributed by atoms with Crippen LogP contribution in [0.3, 0.4) is 0 Å². The van der Waals surface area contributed by atoms with Crippen molar-refractivity contribution >= 4 is 35.0 Å². The minimum absolute atomic E-state index is 0. The SMILES string of the molecule is COc1ccc(CN)cc1I.Cl. The molecule has 1 rings (SSSR count). The summed E-state index contributed by atoms with van der Waals surface area (Å²) in [7, 11) is 1.67. The molecule has 0 unspecified atom stereocenters. The van der Waals surface area contributed by atoms with E-state index in [1.807, 2.05) is 18.2 Å². The molecular weight excluding hydrogens is 288 g/mol. The Bertz CT molecular complexity index is 255. The summed E-state index contributed by atoms with van der Waals surface area (Å²) in [5.74, 6) is 0.905. The van der Waals surface area contributed by atoms with Gasteiger partial charge in [-0.15, -0.1) is 12.4 Å². The summed E-state index contributed by atoms with van der Waals surface area (Å²) >= 11 is 2.23. The van der Waals surface area contributed by atoms with E-state index >= 15 is 0 Å². The van der Waals surface area contributed by atoms with Gasteiger partial charge in [0.25, 0.3) is 0 Å². The molecule has 1 aromatic carbocycles. The Labute approximate surface area is 92.0 Å². The average molecular weight is 300 g/mol. The van der Waals surface area contributed by atoms with Gasteiger partial charge in [-0.2, -0.15) is 0 Å². The lowest BCUT2D eigenvalue weighted by Gasteiger charge is -2.03. The summed E-state index contributed by atoms with van der Waals surface area (Å²) in [6.07, 6.45) is 0. The average Bonchev–Trinajstić information content (AvgIpc) is 2.04. The minimum Gasteiger partial charge on any atom is -0.496 e. The van der Waals surface area contributed by atoms with Gasteiger partial charge in [-0.3, -0.25) is 0 Å². The van der Waals surface area contributed by atoms with E-state index in [2.05, 4.69) is 22.6 Å². The van der Waals surface area contributed by atoms with Crippen molar-refractivity contribution in [3.05, 3.63) is 27.3 Å². The van der Waals surface area contributed by atoms with Gasteiger partial charge in [0.05, 0.1) is 10.7 Å². The Morgan fingerprint density at radius 3 is 2.58 bits per heavy atom. The topological polar surface area (TPSA) is 35.2 Å². The van der Waals surface area contributed by atoms with Crippen molar-refractivity contribution < 1.29 is 4.74 Å². The van der Waals surface area contributed by atoms with Crippen molar-refractivity contribution in [3.63, 3.8) is 0 Å². The Kier molecular flexibility index (Phi) is 5.61. The Morgan fingerprint density at radius 2 is 2.17 bits per heavy atom. The molecule has 0 heterocycles. The highest BCUT2D eigenvalue weighted by Gasteiger charge is 1.98. The van der Waals surface area contributed by atoms with Crippen molar-refractivity contribution in [1.82, 2.24) is 0 Å². The number of methoxy groups -OCH3 is 1. The first-order valence-electron chi connectivity index (χ1n) is 3.30. The summed E-state index contributed by atoms with van der Waals surface area (Å²) in [6, 6.07) is 5.93. The molecule has 0 fully saturated rings. The molecule has 0 saturated heterocycles. The standard InChI is InChI=1S/C8H10INO.ClH/c1-11-8-3-2-6(5-10)4-7(8)9;/h2-4H,5,10H2,1H3;1H. The van der Waals surface area contributed by atoms with Gasteiger partial charge in [0, 0.05) is 6.54 Å². The molecule has 2 nitrogen and oxygen atoms in total. The highest BCUT2D eigenvalue weighted by molar-refractivity contribution is 14.1. The quantitative estimate of drug-likeness (QED) is 0.850. The number of nitrogens with two attached hydrogens (primary N) is 1. The molecule has 2 N–H and O–H groups in total. The van der Waals surface area contributed by atoms with Crippen LogP contribution in [0.15, 0.2) is 18.2 Å². The van der Waals surface area contributed by atoms with Gasteiger partial charge in [-0.1, -0.05) is 6.07 Å². The first-order chi connectivity index (χ1) is 5.27. The van der Waals surface area contributed by atoms with E-state index in [0.29, 0.717) is 6.54 Å². The van der Waals surface area contributed by atoms with Gasteiger partial charge in [0.2, 0.25) is 0 Å². The van der Waals surface area contributed by atoms with Crippen LogP contribution in [0.4, 0.5) is 0 Å². The van der Waals surface area contributed by atoms with Crippen LogP contribution in [-0.2, 0) is 6.54 Å². The fourth-order valence-electron chi connectivity index (χ4n) is 0.837. The predicted octanol–water partition coefficient (Wildman–Crippen LogP) is 2.18. The monoisotopic (exact) mass is 299 g/mol. The van der Waals surface area contributed by atoms with E-state index < -0.39 is 0 Å². The molecule has 68 valence electrons. The zero-order chi connectivity index (χ0) is 8.27.